The number of nitrogens with two attached hydrogens (primary N) is 1. The molecule has 2 rings (SSSR count). The number of ether oxygens (including phenoxy) is 3. The molecule has 0 saturated carbocycles. The fraction of sp³-hybridized carbons (Fsp3) is 0.533. The zero-order chi connectivity index (χ0) is 15.9. The van der Waals surface area contributed by atoms with Crippen molar-refractivity contribution < 1.29 is 14.2 Å². The van der Waals surface area contributed by atoms with E-state index < -0.39 is 0 Å². The van der Waals surface area contributed by atoms with Crippen LogP contribution in [0.15, 0.2) is 17.1 Å². The number of rotatable bonds is 6. The highest BCUT2D eigenvalue weighted by Crippen LogP contribution is 2.38. The molecule has 0 saturated heterocycles. The average Bonchev–Trinajstić information content (AvgIpc) is 2.47. The lowest BCUT2D eigenvalue weighted by molar-refractivity contribution is 0.171. The van der Waals surface area contributed by atoms with E-state index >= 15 is 0 Å². The van der Waals surface area contributed by atoms with E-state index in [2.05, 4.69) is 10.3 Å². The molecule has 0 bridgehead atoms. The highest BCUT2D eigenvalue weighted by molar-refractivity contribution is 14.0. The summed E-state index contributed by atoms with van der Waals surface area (Å²) >= 11 is 6.20. The number of methoxy groups -OCH3 is 1. The Balaban J connectivity index is 0.00000264. The second-order valence-corrected chi connectivity index (χ2v) is 5.53. The largest absolute Gasteiger partial charge is 0.486 e. The first-order chi connectivity index (χ1) is 10.6. The van der Waals surface area contributed by atoms with Gasteiger partial charge >= 0.3 is 0 Å². The van der Waals surface area contributed by atoms with E-state index in [-0.39, 0.29) is 30.0 Å². The minimum Gasteiger partial charge on any atom is -0.486 e. The zero-order valence-electron chi connectivity index (χ0n) is 13.3. The lowest BCUT2D eigenvalue weighted by atomic mass is 10.1. The number of hydrogen-bond acceptors (Lipinski definition) is 4. The van der Waals surface area contributed by atoms with Crippen molar-refractivity contribution in [2.24, 2.45) is 10.7 Å². The molecule has 8 heteroatoms. The monoisotopic (exact) mass is 455 g/mol. The van der Waals surface area contributed by atoms with Gasteiger partial charge in [-0.05, 0) is 31.0 Å². The van der Waals surface area contributed by atoms with Crippen molar-refractivity contribution in [1.29, 1.82) is 0 Å². The van der Waals surface area contributed by atoms with Gasteiger partial charge in [-0.15, -0.1) is 24.0 Å². The predicted octanol–water partition coefficient (Wildman–Crippen LogP) is 2.21. The Morgan fingerprint density at radius 3 is 2.91 bits per heavy atom. The van der Waals surface area contributed by atoms with Crippen LogP contribution in [-0.2, 0) is 11.2 Å². The summed E-state index contributed by atoms with van der Waals surface area (Å²) in [6.45, 7) is 4.19. The van der Waals surface area contributed by atoms with Gasteiger partial charge in [-0.3, -0.25) is 4.99 Å². The highest BCUT2D eigenvalue weighted by atomic mass is 127. The molecule has 130 valence electrons. The summed E-state index contributed by atoms with van der Waals surface area (Å²) in [4.78, 5) is 4.30. The maximum Gasteiger partial charge on any atom is 0.188 e. The third-order valence-corrected chi connectivity index (χ3v) is 3.43. The third kappa shape index (κ3) is 6.23. The Kier molecular flexibility index (Phi) is 8.78. The van der Waals surface area contributed by atoms with Gasteiger partial charge in [-0.2, -0.15) is 0 Å². The molecule has 1 aromatic carbocycles. The van der Waals surface area contributed by atoms with Gasteiger partial charge in [0.05, 0.1) is 11.6 Å². The van der Waals surface area contributed by atoms with Crippen LogP contribution in [0.5, 0.6) is 11.5 Å². The quantitative estimate of drug-likeness (QED) is 0.391. The molecule has 0 aromatic heterocycles. The second-order valence-electron chi connectivity index (χ2n) is 5.12. The minimum atomic E-state index is 0. The van der Waals surface area contributed by atoms with E-state index in [0.29, 0.717) is 48.8 Å². The Morgan fingerprint density at radius 2 is 2.17 bits per heavy atom. The van der Waals surface area contributed by atoms with E-state index in [9.17, 15) is 0 Å². The van der Waals surface area contributed by atoms with Crippen LogP contribution in [0.25, 0.3) is 0 Å². The molecule has 0 spiro atoms. The minimum absolute atomic E-state index is 0. The number of guanidine groups is 1. The third-order valence-electron chi connectivity index (χ3n) is 3.15. The normalized spacial score (nSPS) is 14.8. The van der Waals surface area contributed by atoms with Crippen LogP contribution in [0.3, 0.4) is 0 Å². The smallest absolute Gasteiger partial charge is 0.188 e. The Hall–Kier alpha value is -0.930. The molecule has 1 aromatic rings. The van der Waals surface area contributed by atoms with Gasteiger partial charge in [0.15, 0.2) is 17.5 Å². The standard InChI is InChI=1S/C15H22ClN3O3.HI/c1-10(9-20-2)19-15(17)18-4-3-11-7-12(16)14-13(8-11)21-5-6-22-14;/h7-8,10H,3-6,9H2,1-2H3,(H3,17,18,19);1H. The molecule has 0 fully saturated rings. The fourth-order valence-corrected chi connectivity index (χ4v) is 2.49. The van der Waals surface area contributed by atoms with Gasteiger partial charge in [0, 0.05) is 19.7 Å². The van der Waals surface area contributed by atoms with Gasteiger partial charge < -0.3 is 25.3 Å². The molecule has 1 atom stereocenters. The number of hydrogen-bond donors (Lipinski definition) is 2. The molecule has 1 aliphatic rings. The first kappa shape index (κ1) is 20.1. The van der Waals surface area contributed by atoms with Crippen LogP contribution < -0.4 is 20.5 Å². The zero-order valence-corrected chi connectivity index (χ0v) is 16.4. The predicted molar refractivity (Wildman–Crippen MR) is 103 cm³/mol. The highest BCUT2D eigenvalue weighted by Gasteiger charge is 2.16. The van der Waals surface area contributed by atoms with E-state index in [0.717, 1.165) is 12.0 Å². The van der Waals surface area contributed by atoms with Gasteiger partial charge in [0.2, 0.25) is 0 Å². The van der Waals surface area contributed by atoms with Crippen LogP contribution in [0.4, 0.5) is 0 Å². The molecule has 23 heavy (non-hydrogen) atoms. The van der Waals surface area contributed by atoms with Crippen LogP contribution in [-0.4, -0.2) is 45.5 Å². The van der Waals surface area contributed by atoms with Crippen molar-refractivity contribution in [1.82, 2.24) is 5.32 Å². The first-order valence-corrected chi connectivity index (χ1v) is 7.61. The lowest BCUT2D eigenvalue weighted by Crippen LogP contribution is -2.40. The van der Waals surface area contributed by atoms with Gasteiger partial charge in [0.1, 0.15) is 13.2 Å². The summed E-state index contributed by atoms with van der Waals surface area (Å²) in [5.74, 6) is 1.72. The fourth-order valence-electron chi connectivity index (χ4n) is 2.20. The summed E-state index contributed by atoms with van der Waals surface area (Å²) in [6.07, 6.45) is 0.720. The Bertz CT molecular complexity index is 543. The van der Waals surface area contributed by atoms with Gasteiger partial charge in [-0.25, -0.2) is 0 Å². The van der Waals surface area contributed by atoms with Crippen molar-refractivity contribution in [2.45, 2.75) is 19.4 Å². The Labute approximate surface area is 158 Å². The van der Waals surface area contributed by atoms with E-state index in [1.165, 1.54) is 0 Å². The van der Waals surface area contributed by atoms with E-state index in [1.807, 2.05) is 19.1 Å². The maximum absolute atomic E-state index is 6.20. The van der Waals surface area contributed by atoms with Crippen molar-refractivity contribution in [3.63, 3.8) is 0 Å². The van der Waals surface area contributed by atoms with Crippen molar-refractivity contribution in [2.75, 3.05) is 33.5 Å². The van der Waals surface area contributed by atoms with Crippen LogP contribution in [0.2, 0.25) is 5.02 Å². The summed E-state index contributed by atoms with van der Waals surface area (Å²) in [7, 11) is 1.65. The van der Waals surface area contributed by atoms with Crippen LogP contribution in [0, 0.1) is 0 Å². The average molecular weight is 456 g/mol. The molecule has 0 aliphatic carbocycles. The first-order valence-electron chi connectivity index (χ1n) is 7.23. The summed E-state index contributed by atoms with van der Waals surface area (Å²) in [6, 6.07) is 3.94. The number of benzene rings is 1. The summed E-state index contributed by atoms with van der Waals surface area (Å²) in [5.41, 5.74) is 6.86. The topological polar surface area (TPSA) is 78.1 Å². The molecule has 6 nitrogen and oxygen atoms in total. The molecule has 0 amide bonds. The number of nitrogens with zero attached hydrogens (tertiary/aromatic N) is 1. The number of fused-ring (bicyclic) bond motifs is 1. The van der Waals surface area contributed by atoms with Crippen LogP contribution >= 0.6 is 35.6 Å². The number of nitrogens with one attached hydrogen (secondary N) is 1. The van der Waals surface area contributed by atoms with Gasteiger partial charge in [-0.1, -0.05) is 11.6 Å². The molecule has 3 N–H and O–H groups in total. The summed E-state index contributed by atoms with van der Waals surface area (Å²) in [5, 5.41) is 3.63. The van der Waals surface area contributed by atoms with Crippen molar-refractivity contribution in [3.05, 3.63) is 22.7 Å². The molecule has 1 heterocycles. The lowest BCUT2D eigenvalue weighted by Gasteiger charge is -2.20. The Morgan fingerprint density at radius 1 is 1.43 bits per heavy atom. The molecular formula is C15H23ClIN3O3. The second kappa shape index (κ2) is 10.0. The SMILES string of the molecule is COCC(C)NC(N)=NCCc1cc(Cl)c2c(c1)OCCO2.I. The molecular weight excluding hydrogens is 433 g/mol. The summed E-state index contributed by atoms with van der Waals surface area (Å²) < 4.78 is 16.1. The number of halogens is 2. The van der Waals surface area contributed by atoms with Crippen molar-refractivity contribution >= 4 is 41.5 Å². The molecule has 0 radical (unpaired) electrons. The molecule has 1 aliphatic heterocycles. The van der Waals surface area contributed by atoms with Crippen LogP contribution in [0.1, 0.15) is 12.5 Å². The van der Waals surface area contributed by atoms with Crippen molar-refractivity contribution in [3.8, 4) is 11.5 Å². The van der Waals surface area contributed by atoms with E-state index in [4.69, 9.17) is 31.5 Å². The maximum atomic E-state index is 6.20. The molecule has 1 unspecified atom stereocenters. The van der Waals surface area contributed by atoms with E-state index in [1.54, 1.807) is 7.11 Å². The van der Waals surface area contributed by atoms with Gasteiger partial charge in [0.25, 0.3) is 0 Å². The number of aliphatic imine (C=N–C) groups is 1.